The monoisotopic (exact) mass is 335 g/mol. The van der Waals surface area contributed by atoms with Gasteiger partial charge in [0.2, 0.25) is 0 Å². The fourth-order valence-corrected chi connectivity index (χ4v) is 3.07. The lowest BCUT2D eigenvalue weighted by molar-refractivity contribution is 0.212. The van der Waals surface area contributed by atoms with Crippen LogP contribution in [-0.2, 0) is 20.6 Å². The summed E-state index contributed by atoms with van der Waals surface area (Å²) in [5, 5.41) is 0.549. The summed E-state index contributed by atoms with van der Waals surface area (Å²) in [6.45, 7) is 2.99. The molecular formula is C16H18ClN3O3. The molecule has 0 N–H and O–H groups in total. The third kappa shape index (κ3) is 2.74. The maximum Gasteiger partial charge on any atom is 0.330 e. The maximum atomic E-state index is 12.3. The summed E-state index contributed by atoms with van der Waals surface area (Å²) in [5.41, 5.74) is 0.787. The second-order valence-corrected chi connectivity index (χ2v) is 6.22. The molecule has 0 aliphatic carbocycles. The number of hydrogen-bond acceptors (Lipinski definition) is 4. The SMILES string of the molecule is CC1CN(Cc2cn(C)c(=O)n(C)c2=O)c2cccc(Cl)c2O1. The van der Waals surface area contributed by atoms with Crippen LogP contribution in [0.15, 0.2) is 34.0 Å². The molecule has 1 aromatic carbocycles. The van der Waals surface area contributed by atoms with Crippen LogP contribution in [0, 0.1) is 0 Å². The van der Waals surface area contributed by atoms with Gasteiger partial charge in [-0.25, -0.2) is 4.79 Å². The van der Waals surface area contributed by atoms with Gasteiger partial charge in [0, 0.05) is 20.3 Å². The summed E-state index contributed by atoms with van der Waals surface area (Å²) in [5.74, 6) is 0.634. The van der Waals surface area contributed by atoms with Crippen molar-refractivity contribution in [2.75, 3.05) is 11.4 Å². The van der Waals surface area contributed by atoms with E-state index in [0.29, 0.717) is 29.4 Å². The van der Waals surface area contributed by atoms with Gasteiger partial charge in [-0.05, 0) is 19.1 Å². The normalized spacial score (nSPS) is 16.9. The minimum Gasteiger partial charge on any atom is -0.485 e. The molecule has 1 atom stereocenters. The highest BCUT2D eigenvalue weighted by atomic mass is 35.5. The van der Waals surface area contributed by atoms with E-state index in [-0.39, 0.29) is 17.4 Å². The fraction of sp³-hybridized carbons (Fsp3) is 0.375. The van der Waals surface area contributed by atoms with Crippen molar-refractivity contribution < 1.29 is 4.74 Å². The van der Waals surface area contributed by atoms with E-state index < -0.39 is 0 Å². The van der Waals surface area contributed by atoms with Crippen molar-refractivity contribution in [1.29, 1.82) is 0 Å². The Morgan fingerprint density at radius 2 is 2.04 bits per heavy atom. The number of hydrogen-bond donors (Lipinski definition) is 0. The highest BCUT2D eigenvalue weighted by Crippen LogP contribution is 2.39. The number of ether oxygens (including phenoxy) is 1. The first-order valence-electron chi connectivity index (χ1n) is 7.34. The van der Waals surface area contributed by atoms with Gasteiger partial charge in [0.1, 0.15) is 6.10 Å². The third-order valence-corrected chi connectivity index (χ3v) is 4.26. The van der Waals surface area contributed by atoms with Crippen LogP contribution in [0.4, 0.5) is 5.69 Å². The van der Waals surface area contributed by atoms with Gasteiger partial charge < -0.3 is 14.2 Å². The highest BCUT2D eigenvalue weighted by Gasteiger charge is 2.25. The number of aromatic nitrogens is 2. The van der Waals surface area contributed by atoms with E-state index in [1.807, 2.05) is 19.1 Å². The molecule has 1 unspecified atom stereocenters. The number of aryl methyl sites for hydroxylation is 1. The van der Waals surface area contributed by atoms with Crippen molar-refractivity contribution in [2.24, 2.45) is 14.1 Å². The Balaban J connectivity index is 2.04. The maximum absolute atomic E-state index is 12.3. The zero-order chi connectivity index (χ0) is 16.7. The first kappa shape index (κ1) is 15.7. The first-order chi connectivity index (χ1) is 10.9. The summed E-state index contributed by atoms with van der Waals surface area (Å²) in [6, 6.07) is 5.55. The second kappa shape index (κ2) is 5.77. The molecule has 1 aromatic heterocycles. The first-order valence-corrected chi connectivity index (χ1v) is 7.72. The molecule has 0 radical (unpaired) electrons. The van der Waals surface area contributed by atoms with Crippen molar-refractivity contribution in [2.45, 2.75) is 19.6 Å². The average Bonchev–Trinajstić information content (AvgIpc) is 2.51. The number of rotatable bonds is 2. The average molecular weight is 336 g/mol. The minimum absolute atomic E-state index is 0.0428. The van der Waals surface area contributed by atoms with E-state index >= 15 is 0 Å². The Hall–Kier alpha value is -2.21. The molecule has 2 heterocycles. The molecule has 0 amide bonds. The number of benzene rings is 1. The lowest BCUT2D eigenvalue weighted by Crippen LogP contribution is -2.43. The predicted octanol–water partition coefficient (Wildman–Crippen LogP) is 1.52. The van der Waals surface area contributed by atoms with Crippen molar-refractivity contribution >= 4 is 17.3 Å². The predicted molar refractivity (Wildman–Crippen MR) is 89.5 cm³/mol. The van der Waals surface area contributed by atoms with Crippen molar-refractivity contribution in [1.82, 2.24) is 9.13 Å². The van der Waals surface area contributed by atoms with Crippen LogP contribution in [0.1, 0.15) is 12.5 Å². The Morgan fingerprint density at radius 3 is 2.78 bits per heavy atom. The smallest absolute Gasteiger partial charge is 0.330 e. The van der Waals surface area contributed by atoms with E-state index in [4.69, 9.17) is 16.3 Å². The van der Waals surface area contributed by atoms with E-state index in [1.165, 1.54) is 11.6 Å². The molecule has 0 spiro atoms. The molecule has 0 saturated heterocycles. The number of fused-ring (bicyclic) bond motifs is 1. The van der Waals surface area contributed by atoms with Crippen LogP contribution >= 0.6 is 11.6 Å². The van der Waals surface area contributed by atoms with Crippen LogP contribution < -0.4 is 20.9 Å². The summed E-state index contributed by atoms with van der Waals surface area (Å²) in [6.07, 6.45) is 1.55. The molecule has 0 saturated carbocycles. The number of para-hydroxylation sites is 1. The topological polar surface area (TPSA) is 56.5 Å². The molecular weight excluding hydrogens is 318 g/mol. The highest BCUT2D eigenvalue weighted by molar-refractivity contribution is 6.32. The Bertz CT molecular complexity index is 872. The molecule has 1 aliphatic rings. The van der Waals surface area contributed by atoms with Gasteiger partial charge in [0.05, 0.1) is 29.4 Å². The van der Waals surface area contributed by atoms with Crippen LogP contribution in [0.3, 0.4) is 0 Å². The summed E-state index contributed by atoms with van der Waals surface area (Å²) >= 11 is 6.22. The van der Waals surface area contributed by atoms with Crippen molar-refractivity contribution in [3.8, 4) is 5.75 Å². The van der Waals surface area contributed by atoms with Gasteiger partial charge >= 0.3 is 5.69 Å². The molecule has 0 bridgehead atoms. The van der Waals surface area contributed by atoms with Crippen LogP contribution in [0.2, 0.25) is 5.02 Å². The van der Waals surface area contributed by atoms with Crippen LogP contribution in [0.25, 0.3) is 0 Å². The zero-order valence-corrected chi connectivity index (χ0v) is 14.0. The lowest BCUT2D eigenvalue weighted by atomic mass is 10.1. The number of anilines is 1. The van der Waals surface area contributed by atoms with E-state index in [0.717, 1.165) is 10.3 Å². The Kier molecular flexibility index (Phi) is 3.93. The standard InChI is InChI=1S/C16H18ClN3O3/c1-10-7-20(13-6-4-5-12(17)14(13)23-10)9-11-8-18(2)16(22)19(3)15(11)21/h4-6,8,10H,7,9H2,1-3H3. The molecule has 23 heavy (non-hydrogen) atoms. The lowest BCUT2D eigenvalue weighted by Gasteiger charge is -2.35. The minimum atomic E-state index is -0.336. The molecule has 6 nitrogen and oxygen atoms in total. The van der Waals surface area contributed by atoms with Gasteiger partial charge in [-0.15, -0.1) is 0 Å². The second-order valence-electron chi connectivity index (χ2n) is 5.81. The molecule has 3 rings (SSSR count). The quantitative estimate of drug-likeness (QED) is 0.835. The molecule has 0 fully saturated rings. The van der Waals surface area contributed by atoms with Crippen LogP contribution in [-0.4, -0.2) is 21.8 Å². The van der Waals surface area contributed by atoms with Gasteiger partial charge in [-0.1, -0.05) is 17.7 Å². The largest absolute Gasteiger partial charge is 0.485 e. The van der Waals surface area contributed by atoms with E-state index in [1.54, 1.807) is 19.3 Å². The molecule has 2 aromatic rings. The van der Waals surface area contributed by atoms with Gasteiger partial charge in [-0.2, -0.15) is 0 Å². The Morgan fingerprint density at radius 1 is 1.30 bits per heavy atom. The van der Waals surface area contributed by atoms with Gasteiger partial charge in [0.25, 0.3) is 5.56 Å². The number of halogens is 1. The fourth-order valence-electron chi connectivity index (χ4n) is 2.86. The van der Waals surface area contributed by atoms with Crippen molar-refractivity contribution in [3.05, 3.63) is 55.8 Å². The van der Waals surface area contributed by atoms with E-state index in [2.05, 4.69) is 4.90 Å². The van der Waals surface area contributed by atoms with Crippen LogP contribution in [0.5, 0.6) is 5.75 Å². The third-order valence-electron chi connectivity index (χ3n) is 3.96. The van der Waals surface area contributed by atoms with E-state index in [9.17, 15) is 9.59 Å². The molecule has 122 valence electrons. The van der Waals surface area contributed by atoms with Gasteiger partial charge in [-0.3, -0.25) is 9.36 Å². The number of nitrogens with zero attached hydrogens (tertiary/aromatic N) is 3. The summed E-state index contributed by atoms with van der Waals surface area (Å²) in [4.78, 5) is 26.2. The van der Waals surface area contributed by atoms with Crippen molar-refractivity contribution in [3.63, 3.8) is 0 Å². The zero-order valence-electron chi connectivity index (χ0n) is 13.2. The Labute approximate surface area is 138 Å². The molecule has 1 aliphatic heterocycles. The van der Waals surface area contributed by atoms with Gasteiger partial charge in [0.15, 0.2) is 5.75 Å². The summed E-state index contributed by atoms with van der Waals surface area (Å²) in [7, 11) is 3.12. The molecule has 7 heteroatoms. The summed E-state index contributed by atoms with van der Waals surface area (Å²) < 4.78 is 8.35.